The predicted molar refractivity (Wildman–Crippen MR) is 32.5 cm³/mol. The first kappa shape index (κ1) is 6.02. The smallest absolute Gasteiger partial charge is 0.0638 e. The molecule has 0 saturated carbocycles. The number of nitrogens with zero attached hydrogens (tertiary/aromatic N) is 1. The van der Waals surface area contributed by atoms with E-state index in [1.807, 2.05) is 13.2 Å². The average molecular weight is 103 g/mol. The van der Waals surface area contributed by atoms with Crippen molar-refractivity contribution >= 4 is 16.8 Å². The van der Waals surface area contributed by atoms with Crippen LogP contribution in [0.4, 0.5) is 0 Å². The summed E-state index contributed by atoms with van der Waals surface area (Å²) in [6, 6.07) is 0. The fraction of sp³-hybridized carbons (Fsp3) is 0.750. The van der Waals surface area contributed by atoms with Crippen LogP contribution < -0.4 is 0 Å². The number of thioether (sulfide) groups is 1. The van der Waals surface area contributed by atoms with E-state index in [9.17, 15) is 0 Å². The molecule has 0 aromatic rings. The topological polar surface area (TPSA) is 12.4 Å². The lowest BCUT2D eigenvalue weighted by Crippen LogP contribution is -1.76. The zero-order valence-electron chi connectivity index (χ0n) is 4.36. The normalized spacial score (nSPS) is 12.2. The van der Waals surface area contributed by atoms with E-state index in [1.54, 1.807) is 18.8 Å². The Morgan fingerprint density at radius 2 is 2.17 bits per heavy atom. The van der Waals surface area contributed by atoms with Crippen molar-refractivity contribution in [2.75, 3.05) is 13.3 Å². The van der Waals surface area contributed by atoms with Gasteiger partial charge < -0.3 is 0 Å². The molecule has 0 aliphatic rings. The lowest BCUT2D eigenvalue weighted by Gasteiger charge is -1.83. The van der Waals surface area contributed by atoms with Crippen molar-refractivity contribution in [2.24, 2.45) is 4.99 Å². The number of rotatable bonds is 0. The second-order valence-corrected chi connectivity index (χ2v) is 1.95. The highest BCUT2D eigenvalue weighted by Gasteiger charge is 1.75. The van der Waals surface area contributed by atoms with Crippen LogP contribution in [0.25, 0.3) is 0 Å². The molecule has 36 valence electrons. The average Bonchev–Trinajstić information content (AvgIpc) is 1.65. The van der Waals surface area contributed by atoms with Gasteiger partial charge in [0.1, 0.15) is 0 Å². The molecule has 0 rings (SSSR count). The maximum Gasteiger partial charge on any atom is 0.0638 e. The maximum atomic E-state index is 3.89. The van der Waals surface area contributed by atoms with E-state index in [1.165, 1.54) is 0 Å². The lowest BCUT2D eigenvalue weighted by molar-refractivity contribution is 1.45. The second-order valence-electron chi connectivity index (χ2n) is 0.947. The van der Waals surface area contributed by atoms with Gasteiger partial charge in [0.15, 0.2) is 0 Å². The molecule has 0 bridgehead atoms. The third kappa shape index (κ3) is 2.27. The molecule has 0 aliphatic carbocycles. The Morgan fingerprint density at radius 1 is 1.67 bits per heavy atom. The van der Waals surface area contributed by atoms with Crippen LogP contribution >= 0.6 is 11.8 Å². The highest BCUT2D eigenvalue weighted by Crippen LogP contribution is 1.92. The zero-order valence-corrected chi connectivity index (χ0v) is 5.17. The minimum Gasteiger partial charge on any atom is -0.287 e. The van der Waals surface area contributed by atoms with Crippen LogP contribution in [0.2, 0.25) is 0 Å². The Kier molecular flexibility index (Phi) is 3.23. The van der Waals surface area contributed by atoms with Gasteiger partial charge in [-0.1, -0.05) is 0 Å². The van der Waals surface area contributed by atoms with E-state index in [0.29, 0.717) is 0 Å². The molecular formula is C4H9NS. The molecular weight excluding hydrogens is 94.1 g/mol. The molecule has 6 heavy (non-hydrogen) atoms. The van der Waals surface area contributed by atoms with Gasteiger partial charge in [-0.05, 0) is 13.2 Å². The zero-order chi connectivity index (χ0) is 4.99. The second kappa shape index (κ2) is 3.22. The number of hydrogen-bond acceptors (Lipinski definition) is 2. The highest BCUT2D eigenvalue weighted by molar-refractivity contribution is 8.13. The third-order valence-electron chi connectivity index (χ3n) is 0.610. The Bertz CT molecular complexity index is 58.6. The number of aliphatic imine (C=N–C) groups is 1. The van der Waals surface area contributed by atoms with Gasteiger partial charge in [-0.2, -0.15) is 0 Å². The van der Waals surface area contributed by atoms with Gasteiger partial charge in [-0.25, -0.2) is 0 Å². The van der Waals surface area contributed by atoms with E-state index in [4.69, 9.17) is 0 Å². The van der Waals surface area contributed by atoms with E-state index in [-0.39, 0.29) is 0 Å². The quantitative estimate of drug-likeness (QED) is 0.333. The van der Waals surface area contributed by atoms with Crippen LogP contribution in [0.5, 0.6) is 0 Å². The molecule has 2 heteroatoms. The van der Waals surface area contributed by atoms with Crippen molar-refractivity contribution in [3.63, 3.8) is 0 Å². The van der Waals surface area contributed by atoms with Crippen LogP contribution in [0.15, 0.2) is 4.99 Å². The Hall–Kier alpha value is 0.0200. The van der Waals surface area contributed by atoms with Gasteiger partial charge in [0.2, 0.25) is 0 Å². The molecule has 0 saturated heterocycles. The van der Waals surface area contributed by atoms with E-state index in [0.717, 1.165) is 5.04 Å². The summed E-state index contributed by atoms with van der Waals surface area (Å²) < 4.78 is 0. The number of hydrogen-bond donors (Lipinski definition) is 0. The van der Waals surface area contributed by atoms with E-state index in [2.05, 4.69) is 4.99 Å². The van der Waals surface area contributed by atoms with Crippen LogP contribution in [-0.4, -0.2) is 18.3 Å². The van der Waals surface area contributed by atoms with Gasteiger partial charge in [0.05, 0.1) is 5.04 Å². The molecule has 0 fully saturated rings. The van der Waals surface area contributed by atoms with Gasteiger partial charge in [0.25, 0.3) is 0 Å². The fourth-order valence-electron chi connectivity index (χ4n) is 0.0913. The third-order valence-corrected chi connectivity index (χ3v) is 1.38. The first-order valence-corrected chi connectivity index (χ1v) is 3.01. The molecule has 0 spiro atoms. The minimum atomic E-state index is 1.13. The van der Waals surface area contributed by atoms with Crippen molar-refractivity contribution in [3.05, 3.63) is 0 Å². The standard InChI is InChI=1S/C4H9NS/c1-4(5-2)6-3/h1-3H3/b5-4+. The first-order valence-electron chi connectivity index (χ1n) is 1.78. The van der Waals surface area contributed by atoms with Crippen molar-refractivity contribution in [1.29, 1.82) is 0 Å². The van der Waals surface area contributed by atoms with Crippen molar-refractivity contribution in [2.45, 2.75) is 6.92 Å². The molecule has 0 aliphatic heterocycles. The summed E-state index contributed by atoms with van der Waals surface area (Å²) in [4.78, 5) is 3.89. The summed E-state index contributed by atoms with van der Waals surface area (Å²) in [5.41, 5.74) is 0. The van der Waals surface area contributed by atoms with Crippen molar-refractivity contribution < 1.29 is 0 Å². The van der Waals surface area contributed by atoms with Crippen LogP contribution in [0.1, 0.15) is 6.92 Å². The predicted octanol–water partition coefficient (Wildman–Crippen LogP) is 1.40. The highest BCUT2D eigenvalue weighted by atomic mass is 32.2. The Labute approximate surface area is 42.9 Å². The van der Waals surface area contributed by atoms with Crippen molar-refractivity contribution in [3.8, 4) is 0 Å². The molecule has 0 radical (unpaired) electrons. The van der Waals surface area contributed by atoms with Gasteiger partial charge in [-0.3, -0.25) is 4.99 Å². The molecule has 1 nitrogen and oxygen atoms in total. The van der Waals surface area contributed by atoms with Crippen LogP contribution in [0, 0.1) is 0 Å². The SMILES string of the molecule is C/N=C(\C)SC. The summed E-state index contributed by atoms with van der Waals surface area (Å²) in [6.45, 7) is 1.99. The summed E-state index contributed by atoms with van der Waals surface area (Å²) >= 11 is 1.67. The summed E-state index contributed by atoms with van der Waals surface area (Å²) in [6.07, 6.45) is 2.02. The van der Waals surface area contributed by atoms with E-state index >= 15 is 0 Å². The lowest BCUT2D eigenvalue weighted by atomic mass is 10.9. The largest absolute Gasteiger partial charge is 0.287 e. The maximum absolute atomic E-state index is 3.89. The first-order chi connectivity index (χ1) is 2.81. The monoisotopic (exact) mass is 103 g/mol. The summed E-state index contributed by atoms with van der Waals surface area (Å²) in [5, 5.41) is 1.13. The Balaban J connectivity index is 3.22. The molecule has 0 aromatic carbocycles. The van der Waals surface area contributed by atoms with Crippen LogP contribution in [-0.2, 0) is 0 Å². The molecule has 0 N–H and O–H groups in total. The molecule has 0 aromatic heterocycles. The molecule has 0 heterocycles. The molecule has 0 amide bonds. The summed E-state index contributed by atoms with van der Waals surface area (Å²) in [5.74, 6) is 0. The molecule has 0 unspecified atom stereocenters. The van der Waals surface area contributed by atoms with E-state index < -0.39 is 0 Å². The minimum absolute atomic E-state index is 1.13. The van der Waals surface area contributed by atoms with Crippen molar-refractivity contribution in [1.82, 2.24) is 0 Å². The molecule has 0 atom stereocenters. The van der Waals surface area contributed by atoms with Gasteiger partial charge in [0, 0.05) is 7.05 Å². The van der Waals surface area contributed by atoms with Gasteiger partial charge in [-0.15, -0.1) is 11.8 Å². The van der Waals surface area contributed by atoms with Crippen LogP contribution in [0.3, 0.4) is 0 Å². The Morgan fingerprint density at radius 3 is 2.17 bits per heavy atom. The summed E-state index contributed by atoms with van der Waals surface area (Å²) in [7, 11) is 1.80. The fourth-order valence-corrected chi connectivity index (χ4v) is 0.274. The van der Waals surface area contributed by atoms with Gasteiger partial charge >= 0.3 is 0 Å².